The average molecular weight is 385 g/mol. The summed E-state index contributed by atoms with van der Waals surface area (Å²) in [7, 11) is 0. The highest BCUT2D eigenvalue weighted by Gasteiger charge is 2.11. The van der Waals surface area contributed by atoms with Crippen LogP contribution in [0.3, 0.4) is 0 Å². The van der Waals surface area contributed by atoms with E-state index in [-0.39, 0.29) is 0 Å². The van der Waals surface area contributed by atoms with Gasteiger partial charge in [-0.05, 0) is 30.5 Å². The van der Waals surface area contributed by atoms with E-state index in [1.807, 2.05) is 59.4 Å². The van der Waals surface area contributed by atoms with E-state index in [4.69, 9.17) is 15.1 Å². The number of aryl methyl sites for hydroxylation is 1. The Kier molecular flexibility index (Phi) is 6.59. The third-order valence-corrected chi connectivity index (χ3v) is 4.49. The van der Waals surface area contributed by atoms with Crippen molar-refractivity contribution < 1.29 is 9.53 Å². The molecule has 0 unspecified atom stereocenters. The van der Waals surface area contributed by atoms with E-state index in [1.54, 1.807) is 6.08 Å². The lowest BCUT2D eigenvalue weighted by molar-refractivity contribution is -0.139. The van der Waals surface area contributed by atoms with Crippen LogP contribution < -0.4 is 0 Å². The Bertz CT molecular complexity index is 1030. The quantitative estimate of drug-likeness (QED) is 0.439. The van der Waals surface area contributed by atoms with Crippen molar-refractivity contribution in [3.8, 4) is 17.3 Å². The Morgan fingerprint density at radius 3 is 2.55 bits per heavy atom. The Hall–Kier alpha value is -3.65. The van der Waals surface area contributed by atoms with Gasteiger partial charge in [0.15, 0.2) is 6.10 Å². The van der Waals surface area contributed by atoms with Crippen LogP contribution in [0.4, 0.5) is 0 Å². The minimum atomic E-state index is -0.783. The molecule has 1 heterocycles. The minimum Gasteiger partial charge on any atom is -0.444 e. The first kappa shape index (κ1) is 20.1. The predicted octanol–water partition coefficient (Wildman–Crippen LogP) is 4.63. The molecule has 5 heteroatoms. The maximum Gasteiger partial charge on any atom is 0.332 e. The molecule has 0 aliphatic rings. The lowest BCUT2D eigenvalue weighted by Crippen LogP contribution is -2.10. The predicted molar refractivity (Wildman–Crippen MR) is 113 cm³/mol. The average Bonchev–Trinajstić information content (AvgIpc) is 3.15. The van der Waals surface area contributed by atoms with Crippen LogP contribution in [0.5, 0.6) is 0 Å². The number of carbonyl (C=O) groups excluding carboxylic acids is 1. The number of nitrogens with zero attached hydrogens (tertiary/aromatic N) is 3. The highest BCUT2D eigenvalue weighted by molar-refractivity contribution is 5.88. The summed E-state index contributed by atoms with van der Waals surface area (Å²) in [5.41, 5.74) is 4.98. The summed E-state index contributed by atoms with van der Waals surface area (Å²) < 4.78 is 6.85. The first-order chi connectivity index (χ1) is 14.1. The molecule has 2 aromatic carbocycles. The van der Waals surface area contributed by atoms with E-state index in [0.29, 0.717) is 6.54 Å². The van der Waals surface area contributed by atoms with Crippen molar-refractivity contribution in [2.75, 3.05) is 0 Å². The van der Waals surface area contributed by atoms with Gasteiger partial charge in [-0.15, -0.1) is 0 Å². The Morgan fingerprint density at radius 1 is 1.17 bits per heavy atom. The van der Waals surface area contributed by atoms with Crippen molar-refractivity contribution in [3.63, 3.8) is 0 Å². The molecule has 1 atom stereocenters. The molecule has 0 N–H and O–H groups in total. The SMILES string of the molecule is CCc1ccc(-c2nn(Cc3ccccc3)cc2/C=C/C(=O)O[C@@H](C)C#N)cc1. The highest BCUT2D eigenvalue weighted by atomic mass is 16.5. The summed E-state index contributed by atoms with van der Waals surface area (Å²) in [6.45, 7) is 4.28. The van der Waals surface area contributed by atoms with Crippen LogP contribution in [0.2, 0.25) is 0 Å². The summed E-state index contributed by atoms with van der Waals surface area (Å²) >= 11 is 0. The monoisotopic (exact) mass is 385 g/mol. The van der Waals surface area contributed by atoms with Crippen molar-refractivity contribution in [1.82, 2.24) is 9.78 Å². The second-order valence-corrected chi connectivity index (χ2v) is 6.71. The second kappa shape index (κ2) is 9.52. The van der Waals surface area contributed by atoms with E-state index in [1.165, 1.54) is 18.6 Å². The molecule has 0 saturated carbocycles. The second-order valence-electron chi connectivity index (χ2n) is 6.71. The van der Waals surface area contributed by atoms with Gasteiger partial charge in [-0.1, -0.05) is 61.5 Å². The smallest absolute Gasteiger partial charge is 0.332 e. The molecular weight excluding hydrogens is 362 g/mol. The third kappa shape index (κ3) is 5.43. The fourth-order valence-electron chi connectivity index (χ4n) is 2.93. The van der Waals surface area contributed by atoms with Crippen LogP contribution in [-0.4, -0.2) is 21.9 Å². The molecule has 0 spiro atoms. The maximum absolute atomic E-state index is 11.9. The molecule has 0 bridgehead atoms. The standard InChI is InChI=1S/C24H23N3O2/c1-3-19-9-11-21(12-10-19)24-22(13-14-23(28)29-18(2)15-25)17-27(26-24)16-20-7-5-4-6-8-20/h4-14,17-18H,3,16H2,1-2H3/b14-13+/t18-/m0/s1. The molecule has 0 aliphatic heterocycles. The molecule has 5 nitrogen and oxygen atoms in total. The van der Waals surface area contributed by atoms with Gasteiger partial charge in [-0.25, -0.2) is 4.79 Å². The summed E-state index contributed by atoms with van der Waals surface area (Å²) in [6, 6.07) is 20.2. The van der Waals surface area contributed by atoms with Crippen LogP contribution in [0.15, 0.2) is 66.9 Å². The van der Waals surface area contributed by atoms with E-state index >= 15 is 0 Å². The first-order valence-corrected chi connectivity index (χ1v) is 9.58. The van der Waals surface area contributed by atoms with Crippen molar-refractivity contribution in [1.29, 1.82) is 5.26 Å². The van der Waals surface area contributed by atoms with Crippen molar-refractivity contribution >= 4 is 12.0 Å². The van der Waals surface area contributed by atoms with Gasteiger partial charge in [0, 0.05) is 23.4 Å². The lowest BCUT2D eigenvalue weighted by atomic mass is 10.0. The van der Waals surface area contributed by atoms with Gasteiger partial charge in [0.2, 0.25) is 0 Å². The number of hydrogen-bond acceptors (Lipinski definition) is 4. The van der Waals surface area contributed by atoms with Crippen LogP contribution in [0.1, 0.15) is 30.5 Å². The Morgan fingerprint density at radius 2 is 1.90 bits per heavy atom. The number of hydrogen-bond donors (Lipinski definition) is 0. The summed E-state index contributed by atoms with van der Waals surface area (Å²) in [5, 5.41) is 13.5. The fraction of sp³-hybridized carbons (Fsp3) is 0.208. The Balaban J connectivity index is 1.91. The summed E-state index contributed by atoms with van der Waals surface area (Å²) in [4.78, 5) is 11.9. The molecule has 146 valence electrons. The van der Waals surface area contributed by atoms with E-state index in [9.17, 15) is 4.79 Å². The number of rotatable bonds is 7. The molecule has 29 heavy (non-hydrogen) atoms. The number of ether oxygens (including phenoxy) is 1. The molecule has 3 aromatic rings. The molecule has 0 amide bonds. The lowest BCUT2D eigenvalue weighted by Gasteiger charge is -2.03. The molecule has 0 radical (unpaired) electrons. The maximum atomic E-state index is 11.9. The van der Waals surface area contributed by atoms with Crippen molar-refractivity contribution in [2.45, 2.75) is 32.9 Å². The molecule has 0 fully saturated rings. The van der Waals surface area contributed by atoms with Crippen LogP contribution in [0, 0.1) is 11.3 Å². The zero-order valence-electron chi connectivity index (χ0n) is 16.6. The van der Waals surface area contributed by atoms with Gasteiger partial charge < -0.3 is 4.74 Å². The normalized spacial score (nSPS) is 11.9. The van der Waals surface area contributed by atoms with E-state index in [0.717, 1.165) is 28.8 Å². The summed E-state index contributed by atoms with van der Waals surface area (Å²) in [6.07, 6.45) is 5.12. The zero-order valence-corrected chi connectivity index (χ0v) is 16.6. The van der Waals surface area contributed by atoms with E-state index in [2.05, 4.69) is 19.1 Å². The number of carbonyl (C=O) groups is 1. The van der Waals surface area contributed by atoms with Crippen LogP contribution >= 0.6 is 0 Å². The largest absolute Gasteiger partial charge is 0.444 e. The van der Waals surface area contributed by atoms with Crippen LogP contribution in [0.25, 0.3) is 17.3 Å². The minimum absolute atomic E-state index is 0.554. The number of esters is 1. The molecule has 3 rings (SSSR count). The van der Waals surface area contributed by atoms with Gasteiger partial charge in [0.25, 0.3) is 0 Å². The van der Waals surface area contributed by atoms with E-state index < -0.39 is 12.1 Å². The Labute approximate surface area is 170 Å². The number of nitriles is 1. The first-order valence-electron chi connectivity index (χ1n) is 9.58. The zero-order chi connectivity index (χ0) is 20.6. The number of benzene rings is 2. The van der Waals surface area contributed by atoms with Crippen molar-refractivity contribution in [3.05, 3.63) is 83.6 Å². The molecular formula is C24H23N3O2. The highest BCUT2D eigenvalue weighted by Crippen LogP contribution is 2.24. The van der Waals surface area contributed by atoms with Gasteiger partial charge in [0.1, 0.15) is 6.07 Å². The van der Waals surface area contributed by atoms with Crippen LogP contribution in [-0.2, 0) is 22.5 Å². The molecule has 1 aromatic heterocycles. The van der Waals surface area contributed by atoms with Gasteiger partial charge >= 0.3 is 5.97 Å². The van der Waals surface area contributed by atoms with Gasteiger partial charge in [-0.2, -0.15) is 10.4 Å². The number of aromatic nitrogens is 2. The van der Waals surface area contributed by atoms with Crippen molar-refractivity contribution in [2.24, 2.45) is 0 Å². The summed E-state index contributed by atoms with van der Waals surface area (Å²) in [5.74, 6) is -0.554. The third-order valence-electron chi connectivity index (χ3n) is 4.49. The fourth-order valence-corrected chi connectivity index (χ4v) is 2.93. The van der Waals surface area contributed by atoms with Gasteiger partial charge in [-0.3, -0.25) is 4.68 Å². The molecule has 0 saturated heterocycles. The molecule has 0 aliphatic carbocycles. The topological polar surface area (TPSA) is 67.9 Å². The van der Waals surface area contributed by atoms with Gasteiger partial charge in [0.05, 0.1) is 12.2 Å².